The summed E-state index contributed by atoms with van der Waals surface area (Å²) in [6, 6.07) is 3.38. The Morgan fingerprint density at radius 1 is 1.22 bits per heavy atom. The highest BCUT2D eigenvalue weighted by Crippen LogP contribution is 2.21. The molecule has 1 fully saturated rings. The van der Waals surface area contributed by atoms with Crippen molar-refractivity contribution in [2.75, 3.05) is 31.1 Å². The number of carbonyl (C=O) groups is 1. The molecule has 3 heterocycles. The number of nitrogens with zero attached hydrogens (tertiary/aromatic N) is 3. The first-order valence-electron chi connectivity index (χ1n) is 7.71. The number of H-pyrrole nitrogens is 1. The second kappa shape index (κ2) is 6.54. The highest BCUT2D eigenvalue weighted by atomic mass is 32.1. The minimum absolute atomic E-state index is 0.191. The lowest BCUT2D eigenvalue weighted by atomic mass is 10.2. The van der Waals surface area contributed by atoms with Crippen LogP contribution >= 0.6 is 11.3 Å². The molecule has 7 heteroatoms. The molecule has 1 saturated heterocycles. The zero-order chi connectivity index (χ0) is 16.4. The third kappa shape index (κ3) is 3.44. The fourth-order valence-electron chi connectivity index (χ4n) is 2.71. The molecule has 6 nitrogen and oxygen atoms in total. The summed E-state index contributed by atoms with van der Waals surface area (Å²) in [7, 11) is 0. The van der Waals surface area contributed by atoms with Crippen molar-refractivity contribution < 1.29 is 4.79 Å². The average molecular weight is 332 g/mol. The van der Waals surface area contributed by atoms with Gasteiger partial charge in [-0.15, -0.1) is 11.3 Å². The van der Waals surface area contributed by atoms with E-state index in [9.17, 15) is 9.59 Å². The van der Waals surface area contributed by atoms with E-state index in [2.05, 4.69) is 14.9 Å². The topological polar surface area (TPSA) is 69.3 Å². The number of aryl methyl sites for hydroxylation is 2. The second-order valence-corrected chi connectivity index (χ2v) is 6.62. The van der Waals surface area contributed by atoms with Gasteiger partial charge in [0, 0.05) is 37.3 Å². The van der Waals surface area contributed by atoms with Gasteiger partial charge in [0.2, 0.25) is 0 Å². The van der Waals surface area contributed by atoms with Gasteiger partial charge < -0.3 is 14.8 Å². The molecule has 0 spiro atoms. The number of hydrogen-bond donors (Lipinski definition) is 1. The lowest BCUT2D eigenvalue weighted by Crippen LogP contribution is -2.37. The van der Waals surface area contributed by atoms with Gasteiger partial charge in [0.25, 0.3) is 11.5 Å². The standard InChI is InChI=1S/C16H20N4O2S/c1-11-4-5-13(14(21)17-11)15(22)19-6-3-7-20(9-8-19)16-18-12(2)10-23-16/h4-5,10H,3,6-9H2,1-2H3,(H,17,21). The van der Waals surface area contributed by atoms with Crippen LogP contribution < -0.4 is 10.5 Å². The van der Waals surface area contributed by atoms with Gasteiger partial charge in [0.1, 0.15) is 5.56 Å². The average Bonchev–Trinajstić information content (AvgIpc) is 2.80. The van der Waals surface area contributed by atoms with E-state index in [4.69, 9.17) is 0 Å². The van der Waals surface area contributed by atoms with Crippen LogP contribution in [0.25, 0.3) is 0 Å². The summed E-state index contributed by atoms with van der Waals surface area (Å²) < 4.78 is 0. The van der Waals surface area contributed by atoms with Crippen LogP contribution in [0.5, 0.6) is 0 Å². The molecule has 23 heavy (non-hydrogen) atoms. The van der Waals surface area contributed by atoms with E-state index in [0.29, 0.717) is 13.1 Å². The summed E-state index contributed by atoms with van der Waals surface area (Å²) in [5.41, 5.74) is 1.68. The normalized spacial score (nSPS) is 15.6. The van der Waals surface area contributed by atoms with Crippen LogP contribution in [0.3, 0.4) is 0 Å². The monoisotopic (exact) mass is 332 g/mol. The van der Waals surface area contributed by atoms with E-state index in [1.165, 1.54) is 0 Å². The number of pyridine rings is 1. The summed E-state index contributed by atoms with van der Waals surface area (Å²) in [5.74, 6) is -0.191. The van der Waals surface area contributed by atoms with Crippen molar-refractivity contribution in [2.45, 2.75) is 20.3 Å². The highest BCUT2D eigenvalue weighted by molar-refractivity contribution is 7.13. The van der Waals surface area contributed by atoms with Crippen molar-refractivity contribution in [3.8, 4) is 0 Å². The number of nitrogens with one attached hydrogen (secondary N) is 1. The summed E-state index contributed by atoms with van der Waals surface area (Å²) in [4.78, 5) is 35.8. The van der Waals surface area contributed by atoms with Crippen molar-refractivity contribution in [2.24, 2.45) is 0 Å². The van der Waals surface area contributed by atoms with Gasteiger partial charge in [-0.05, 0) is 32.4 Å². The molecule has 1 aliphatic rings. The van der Waals surface area contributed by atoms with Crippen LogP contribution in [0.15, 0.2) is 22.3 Å². The van der Waals surface area contributed by atoms with Crippen LogP contribution in [0.2, 0.25) is 0 Å². The molecule has 2 aromatic heterocycles. The zero-order valence-corrected chi connectivity index (χ0v) is 14.2. The van der Waals surface area contributed by atoms with Gasteiger partial charge in [0.15, 0.2) is 5.13 Å². The van der Waals surface area contributed by atoms with Crippen LogP contribution in [-0.4, -0.2) is 47.0 Å². The molecule has 2 aromatic rings. The molecular formula is C16H20N4O2S. The fourth-order valence-corrected chi connectivity index (χ4v) is 3.57. The van der Waals surface area contributed by atoms with Gasteiger partial charge in [-0.25, -0.2) is 4.98 Å². The summed E-state index contributed by atoms with van der Waals surface area (Å²) in [5, 5.41) is 3.04. The number of aromatic amines is 1. The van der Waals surface area contributed by atoms with Crippen molar-refractivity contribution in [3.05, 3.63) is 44.8 Å². The Labute approximate surface area is 138 Å². The number of anilines is 1. The van der Waals surface area contributed by atoms with Crippen molar-refractivity contribution in [1.82, 2.24) is 14.9 Å². The van der Waals surface area contributed by atoms with Gasteiger partial charge in [-0.1, -0.05) is 0 Å². The first-order chi connectivity index (χ1) is 11.0. The Bertz CT molecular complexity index is 767. The quantitative estimate of drug-likeness (QED) is 0.910. The maximum absolute atomic E-state index is 12.6. The molecule has 0 bridgehead atoms. The Balaban J connectivity index is 1.72. The summed E-state index contributed by atoms with van der Waals surface area (Å²) >= 11 is 1.63. The van der Waals surface area contributed by atoms with Crippen LogP contribution in [0, 0.1) is 13.8 Å². The van der Waals surface area contributed by atoms with E-state index in [-0.39, 0.29) is 17.0 Å². The molecule has 122 valence electrons. The Hall–Kier alpha value is -2.15. The van der Waals surface area contributed by atoms with Gasteiger partial charge in [-0.2, -0.15) is 0 Å². The lowest BCUT2D eigenvalue weighted by Gasteiger charge is -2.21. The number of amides is 1. The molecule has 0 unspecified atom stereocenters. The maximum atomic E-state index is 12.6. The first kappa shape index (κ1) is 15.7. The molecule has 1 amide bonds. The van der Waals surface area contributed by atoms with Crippen LogP contribution in [0.1, 0.15) is 28.2 Å². The molecular weight excluding hydrogens is 312 g/mol. The number of hydrogen-bond acceptors (Lipinski definition) is 5. The molecule has 1 aliphatic heterocycles. The first-order valence-corrected chi connectivity index (χ1v) is 8.59. The second-order valence-electron chi connectivity index (χ2n) is 5.79. The van der Waals surface area contributed by atoms with E-state index >= 15 is 0 Å². The SMILES string of the molecule is Cc1csc(N2CCCN(C(=O)c3ccc(C)[nH]c3=O)CC2)n1. The van der Waals surface area contributed by atoms with Crippen LogP contribution in [0.4, 0.5) is 5.13 Å². The van der Waals surface area contributed by atoms with E-state index in [1.54, 1.807) is 35.3 Å². The number of thiazole rings is 1. The van der Waals surface area contributed by atoms with Gasteiger partial charge in [0.05, 0.1) is 5.69 Å². The van der Waals surface area contributed by atoms with Crippen molar-refractivity contribution in [3.63, 3.8) is 0 Å². The Morgan fingerprint density at radius 2 is 2.04 bits per heavy atom. The molecule has 3 rings (SSSR count). The lowest BCUT2D eigenvalue weighted by molar-refractivity contribution is 0.0765. The predicted molar refractivity (Wildman–Crippen MR) is 91.4 cm³/mol. The molecule has 0 atom stereocenters. The van der Waals surface area contributed by atoms with E-state index in [0.717, 1.165) is 36.0 Å². The number of rotatable bonds is 2. The molecule has 0 saturated carbocycles. The van der Waals surface area contributed by atoms with E-state index < -0.39 is 0 Å². The minimum atomic E-state index is -0.313. The van der Waals surface area contributed by atoms with Gasteiger partial charge >= 0.3 is 0 Å². The van der Waals surface area contributed by atoms with Crippen molar-refractivity contribution in [1.29, 1.82) is 0 Å². The maximum Gasteiger partial charge on any atom is 0.260 e. The van der Waals surface area contributed by atoms with Gasteiger partial charge in [-0.3, -0.25) is 9.59 Å². The number of aromatic nitrogens is 2. The summed E-state index contributed by atoms with van der Waals surface area (Å²) in [6.45, 7) is 6.66. The minimum Gasteiger partial charge on any atom is -0.346 e. The molecule has 1 N–H and O–H groups in total. The predicted octanol–water partition coefficient (Wildman–Crippen LogP) is 1.80. The fraction of sp³-hybridized carbons (Fsp3) is 0.438. The number of carbonyl (C=O) groups excluding carboxylic acids is 1. The third-order valence-corrected chi connectivity index (χ3v) is 4.97. The van der Waals surface area contributed by atoms with E-state index in [1.807, 2.05) is 12.3 Å². The molecule has 0 radical (unpaired) electrons. The highest BCUT2D eigenvalue weighted by Gasteiger charge is 2.23. The Kier molecular flexibility index (Phi) is 4.47. The largest absolute Gasteiger partial charge is 0.346 e. The zero-order valence-electron chi connectivity index (χ0n) is 13.3. The van der Waals surface area contributed by atoms with Crippen molar-refractivity contribution >= 4 is 22.4 Å². The molecule has 0 aromatic carbocycles. The van der Waals surface area contributed by atoms with Crippen LogP contribution in [-0.2, 0) is 0 Å². The third-order valence-electron chi connectivity index (χ3n) is 3.95. The Morgan fingerprint density at radius 3 is 2.74 bits per heavy atom. The smallest absolute Gasteiger partial charge is 0.260 e. The summed E-state index contributed by atoms with van der Waals surface area (Å²) in [6.07, 6.45) is 0.869. The molecule has 0 aliphatic carbocycles.